The standard InChI is InChI=1S/C25H22F3N5O4S/c1-17(24(25(26,27)28)14-11-19(12-15-24)18-5-3-2-4-6-18)30-23-29-16-13-22(31-23)32-38(36,37)21-9-7-20(8-10-21)33(34)35/h2-14,16-17H,15H2,1H3,(H2,29,30,31,32). The number of non-ortho nitro benzene ring substituents is 1. The largest absolute Gasteiger partial charge is 0.400 e. The predicted octanol–water partition coefficient (Wildman–Crippen LogP) is 5.58. The van der Waals surface area contributed by atoms with E-state index in [1.54, 1.807) is 12.1 Å². The number of hydrogen-bond acceptors (Lipinski definition) is 7. The average molecular weight is 546 g/mol. The van der Waals surface area contributed by atoms with Gasteiger partial charge in [-0.3, -0.25) is 14.8 Å². The molecule has 0 saturated heterocycles. The van der Waals surface area contributed by atoms with Crippen LogP contribution in [0.25, 0.3) is 5.57 Å². The molecule has 198 valence electrons. The summed E-state index contributed by atoms with van der Waals surface area (Å²) in [6, 6.07) is 13.3. The first-order valence-electron chi connectivity index (χ1n) is 11.3. The fourth-order valence-electron chi connectivity index (χ4n) is 4.03. The van der Waals surface area contributed by atoms with Crippen LogP contribution in [0.3, 0.4) is 0 Å². The zero-order chi connectivity index (χ0) is 27.6. The smallest absolute Gasteiger partial charge is 0.350 e. The number of benzene rings is 2. The van der Waals surface area contributed by atoms with Gasteiger partial charge in [-0.05, 0) is 42.7 Å². The van der Waals surface area contributed by atoms with Gasteiger partial charge in [0, 0.05) is 24.4 Å². The van der Waals surface area contributed by atoms with Gasteiger partial charge in [0.15, 0.2) is 0 Å². The second-order valence-electron chi connectivity index (χ2n) is 8.59. The van der Waals surface area contributed by atoms with Crippen LogP contribution in [-0.2, 0) is 10.0 Å². The maximum atomic E-state index is 14.4. The van der Waals surface area contributed by atoms with Crippen LogP contribution in [0.4, 0.5) is 30.6 Å². The maximum absolute atomic E-state index is 14.4. The molecule has 2 unspecified atom stereocenters. The molecule has 0 radical (unpaired) electrons. The minimum Gasteiger partial charge on any atom is -0.350 e. The van der Waals surface area contributed by atoms with Crippen molar-refractivity contribution in [1.82, 2.24) is 9.97 Å². The Balaban J connectivity index is 1.53. The predicted molar refractivity (Wildman–Crippen MR) is 136 cm³/mol. The van der Waals surface area contributed by atoms with Gasteiger partial charge in [-0.1, -0.05) is 48.6 Å². The second kappa shape index (κ2) is 10.2. The van der Waals surface area contributed by atoms with Crippen molar-refractivity contribution in [3.8, 4) is 0 Å². The summed E-state index contributed by atoms with van der Waals surface area (Å²) in [6.07, 6.45) is 0.382. The Bertz CT molecular complexity index is 1490. The average Bonchev–Trinajstić information content (AvgIpc) is 2.88. The molecule has 1 aliphatic rings. The molecule has 1 aromatic heterocycles. The number of alkyl halides is 3. The number of nitro groups is 1. The van der Waals surface area contributed by atoms with Crippen molar-refractivity contribution >= 4 is 33.0 Å². The molecule has 3 aromatic rings. The number of nitro benzene ring substituents is 1. The van der Waals surface area contributed by atoms with Gasteiger partial charge in [-0.2, -0.15) is 18.2 Å². The Hall–Kier alpha value is -4.26. The van der Waals surface area contributed by atoms with Gasteiger partial charge in [0.25, 0.3) is 15.7 Å². The van der Waals surface area contributed by atoms with Gasteiger partial charge in [0.2, 0.25) is 5.95 Å². The molecule has 2 atom stereocenters. The zero-order valence-electron chi connectivity index (χ0n) is 19.9. The first-order valence-corrected chi connectivity index (χ1v) is 12.8. The van der Waals surface area contributed by atoms with E-state index in [0.717, 1.165) is 35.9 Å². The highest BCUT2D eigenvalue weighted by atomic mass is 32.2. The number of halogens is 3. The first kappa shape index (κ1) is 26.8. The summed E-state index contributed by atoms with van der Waals surface area (Å²) in [7, 11) is -4.18. The third-order valence-corrected chi connectivity index (χ3v) is 7.60. The fourth-order valence-corrected chi connectivity index (χ4v) is 5.03. The number of nitrogens with zero attached hydrogens (tertiary/aromatic N) is 3. The van der Waals surface area contributed by atoms with E-state index in [1.165, 1.54) is 31.3 Å². The first-order chi connectivity index (χ1) is 17.9. The van der Waals surface area contributed by atoms with E-state index in [2.05, 4.69) is 20.0 Å². The number of aromatic nitrogens is 2. The van der Waals surface area contributed by atoms with Crippen LogP contribution in [0, 0.1) is 15.5 Å². The van der Waals surface area contributed by atoms with E-state index in [-0.39, 0.29) is 28.8 Å². The van der Waals surface area contributed by atoms with Crippen molar-refractivity contribution in [3.05, 3.63) is 101 Å². The number of anilines is 2. The van der Waals surface area contributed by atoms with E-state index < -0.39 is 32.6 Å². The Labute approximate surface area is 216 Å². The van der Waals surface area contributed by atoms with Crippen molar-refractivity contribution in [3.63, 3.8) is 0 Å². The van der Waals surface area contributed by atoms with E-state index in [0.29, 0.717) is 5.57 Å². The topological polar surface area (TPSA) is 127 Å². The third kappa shape index (κ3) is 5.52. The molecule has 13 heteroatoms. The normalized spacial score (nSPS) is 18.4. The molecular weight excluding hydrogens is 523 g/mol. The Kier molecular flexibility index (Phi) is 7.22. The van der Waals surface area contributed by atoms with Crippen molar-refractivity contribution in [2.75, 3.05) is 10.0 Å². The number of rotatable bonds is 8. The van der Waals surface area contributed by atoms with Crippen LogP contribution in [0.5, 0.6) is 0 Å². The molecule has 1 aliphatic carbocycles. The second-order valence-corrected chi connectivity index (χ2v) is 10.3. The third-order valence-electron chi connectivity index (χ3n) is 6.23. The van der Waals surface area contributed by atoms with Gasteiger partial charge in [-0.15, -0.1) is 0 Å². The van der Waals surface area contributed by atoms with E-state index in [4.69, 9.17) is 0 Å². The summed E-state index contributed by atoms with van der Waals surface area (Å²) in [5.41, 5.74) is -1.07. The Morgan fingerprint density at radius 1 is 1.08 bits per heavy atom. The molecule has 0 spiro atoms. The molecule has 0 aliphatic heterocycles. The van der Waals surface area contributed by atoms with Crippen LogP contribution >= 0.6 is 0 Å². The monoisotopic (exact) mass is 545 g/mol. The van der Waals surface area contributed by atoms with E-state index in [9.17, 15) is 31.7 Å². The van der Waals surface area contributed by atoms with Crippen LogP contribution in [0.2, 0.25) is 0 Å². The number of hydrogen-bond donors (Lipinski definition) is 2. The highest BCUT2D eigenvalue weighted by Gasteiger charge is 2.56. The van der Waals surface area contributed by atoms with Gasteiger partial charge in [0.05, 0.1) is 9.82 Å². The minimum atomic E-state index is -4.61. The summed E-state index contributed by atoms with van der Waals surface area (Å²) in [5.74, 6) is -0.407. The fraction of sp³-hybridized carbons (Fsp3) is 0.200. The maximum Gasteiger partial charge on any atom is 0.400 e. The van der Waals surface area contributed by atoms with Gasteiger partial charge in [-0.25, -0.2) is 13.4 Å². The summed E-state index contributed by atoms with van der Waals surface area (Å²) >= 11 is 0. The minimum absolute atomic E-state index is 0.195. The molecule has 2 aromatic carbocycles. The molecule has 4 rings (SSSR count). The summed E-state index contributed by atoms with van der Waals surface area (Å²) in [6.45, 7) is 1.36. The summed E-state index contributed by atoms with van der Waals surface area (Å²) in [5, 5.41) is 13.5. The molecule has 0 bridgehead atoms. The van der Waals surface area contributed by atoms with Crippen LogP contribution < -0.4 is 10.0 Å². The van der Waals surface area contributed by atoms with Crippen LogP contribution in [-0.4, -0.2) is 35.5 Å². The molecule has 0 amide bonds. The number of sulfonamides is 1. The van der Waals surface area contributed by atoms with Gasteiger partial charge >= 0.3 is 6.18 Å². The molecule has 38 heavy (non-hydrogen) atoms. The lowest BCUT2D eigenvalue weighted by molar-refractivity contribution is -0.384. The lowest BCUT2D eigenvalue weighted by atomic mass is 9.73. The SMILES string of the molecule is CC(Nc1nccc(NS(=O)(=O)c2ccc([N+](=O)[O-])cc2)n1)C1(C(F)(F)F)C=CC(c2ccccc2)=CC1. The Morgan fingerprint density at radius 3 is 2.34 bits per heavy atom. The summed E-state index contributed by atoms with van der Waals surface area (Å²) in [4.78, 5) is 17.8. The van der Waals surface area contributed by atoms with Crippen molar-refractivity contribution in [2.24, 2.45) is 5.41 Å². The van der Waals surface area contributed by atoms with E-state index >= 15 is 0 Å². The Morgan fingerprint density at radius 2 is 1.76 bits per heavy atom. The number of nitrogens with one attached hydrogen (secondary N) is 2. The lowest BCUT2D eigenvalue weighted by Crippen LogP contribution is -2.49. The van der Waals surface area contributed by atoms with Crippen LogP contribution in [0.15, 0.2) is 90.0 Å². The van der Waals surface area contributed by atoms with Gasteiger partial charge < -0.3 is 5.32 Å². The quantitative estimate of drug-likeness (QED) is 0.280. The molecule has 0 fully saturated rings. The highest BCUT2D eigenvalue weighted by molar-refractivity contribution is 7.92. The summed E-state index contributed by atoms with van der Waals surface area (Å²) < 4.78 is 70.6. The molecule has 0 saturated carbocycles. The highest BCUT2D eigenvalue weighted by Crippen LogP contribution is 2.49. The molecular formula is C25H22F3N5O4S. The van der Waals surface area contributed by atoms with Crippen molar-refractivity contribution < 1.29 is 26.5 Å². The van der Waals surface area contributed by atoms with Crippen LogP contribution in [0.1, 0.15) is 18.9 Å². The van der Waals surface area contributed by atoms with E-state index in [1.807, 2.05) is 18.2 Å². The van der Waals surface area contributed by atoms with Crippen molar-refractivity contribution in [2.45, 2.75) is 30.5 Å². The zero-order valence-corrected chi connectivity index (χ0v) is 20.7. The lowest BCUT2D eigenvalue weighted by Gasteiger charge is -2.39. The molecule has 2 N–H and O–H groups in total. The molecule has 1 heterocycles. The van der Waals surface area contributed by atoms with Crippen molar-refractivity contribution in [1.29, 1.82) is 0 Å². The molecule has 9 nitrogen and oxygen atoms in total. The number of allylic oxidation sites excluding steroid dienone is 3. The van der Waals surface area contributed by atoms with Gasteiger partial charge in [0.1, 0.15) is 11.2 Å².